The standard InChI is InChI=1S/C21H28N2O5/c1-13-15(5-6-16-17(13)12-27-19(16)24)18-10-22-7-8-23(9-14(22)11-26-18)20(25)28-21(2,3)4/h5-6,14,18H,7-12H2,1-4H3/t14?,18-/m1/s1. The van der Waals surface area contributed by atoms with Gasteiger partial charge in [-0.1, -0.05) is 6.07 Å². The second kappa shape index (κ2) is 7.04. The number of cyclic esters (lactones) is 1. The first-order chi connectivity index (χ1) is 13.2. The van der Waals surface area contributed by atoms with Gasteiger partial charge in [0.05, 0.1) is 24.3 Å². The number of nitrogens with zero attached hydrogens (tertiary/aromatic N) is 2. The highest BCUT2D eigenvalue weighted by Gasteiger charge is 2.37. The molecule has 1 amide bonds. The number of hydrogen-bond donors (Lipinski definition) is 0. The summed E-state index contributed by atoms with van der Waals surface area (Å²) in [5.41, 5.74) is 3.35. The number of piperazine rings is 1. The first kappa shape index (κ1) is 19.2. The predicted octanol–water partition coefficient (Wildman–Crippen LogP) is 2.66. The van der Waals surface area contributed by atoms with Gasteiger partial charge in [0.15, 0.2) is 0 Å². The number of hydrogen-bond acceptors (Lipinski definition) is 6. The van der Waals surface area contributed by atoms with Crippen molar-refractivity contribution in [3.63, 3.8) is 0 Å². The van der Waals surface area contributed by atoms with Gasteiger partial charge in [-0.15, -0.1) is 0 Å². The Hall–Kier alpha value is -2.12. The number of carbonyl (C=O) groups is 2. The van der Waals surface area contributed by atoms with E-state index in [-0.39, 0.29) is 24.2 Å². The van der Waals surface area contributed by atoms with Crippen LogP contribution in [0.4, 0.5) is 4.79 Å². The van der Waals surface area contributed by atoms with Crippen molar-refractivity contribution in [3.05, 3.63) is 34.4 Å². The summed E-state index contributed by atoms with van der Waals surface area (Å²) in [4.78, 5) is 28.3. The van der Waals surface area contributed by atoms with Gasteiger partial charge in [-0.05, 0) is 44.9 Å². The van der Waals surface area contributed by atoms with E-state index in [1.54, 1.807) is 4.90 Å². The highest BCUT2D eigenvalue weighted by molar-refractivity contribution is 5.93. The molecule has 1 unspecified atom stereocenters. The fraction of sp³-hybridized carbons (Fsp3) is 0.619. The Morgan fingerprint density at radius 1 is 1.21 bits per heavy atom. The van der Waals surface area contributed by atoms with E-state index in [0.717, 1.165) is 29.8 Å². The molecular weight excluding hydrogens is 360 g/mol. The molecule has 28 heavy (non-hydrogen) atoms. The van der Waals surface area contributed by atoms with Gasteiger partial charge < -0.3 is 19.1 Å². The molecule has 0 radical (unpaired) electrons. The maximum absolute atomic E-state index is 12.4. The molecule has 0 bridgehead atoms. The van der Waals surface area contributed by atoms with E-state index < -0.39 is 5.60 Å². The van der Waals surface area contributed by atoms with Gasteiger partial charge in [-0.25, -0.2) is 9.59 Å². The van der Waals surface area contributed by atoms with E-state index in [0.29, 0.717) is 31.9 Å². The zero-order valence-corrected chi connectivity index (χ0v) is 17.0. The summed E-state index contributed by atoms with van der Waals surface area (Å²) in [6.07, 6.45) is -0.293. The topological polar surface area (TPSA) is 68.3 Å². The molecule has 0 aromatic heterocycles. The summed E-state index contributed by atoms with van der Waals surface area (Å²) >= 11 is 0. The van der Waals surface area contributed by atoms with Crippen molar-refractivity contribution in [2.24, 2.45) is 0 Å². The summed E-state index contributed by atoms with van der Waals surface area (Å²) in [5.74, 6) is -0.243. The van der Waals surface area contributed by atoms with E-state index in [1.807, 2.05) is 39.8 Å². The molecule has 2 atom stereocenters. The quantitative estimate of drug-likeness (QED) is 0.689. The molecule has 152 valence electrons. The minimum absolute atomic E-state index is 0.0367. The third kappa shape index (κ3) is 3.61. The van der Waals surface area contributed by atoms with E-state index in [1.165, 1.54) is 0 Å². The summed E-state index contributed by atoms with van der Waals surface area (Å²) in [5, 5.41) is 0. The van der Waals surface area contributed by atoms with Crippen LogP contribution < -0.4 is 0 Å². The molecule has 2 fully saturated rings. The SMILES string of the molecule is Cc1c([C@H]2CN3CCN(C(=O)OC(C)(C)C)CC3CO2)ccc2c1COC2=O. The van der Waals surface area contributed by atoms with Crippen LogP contribution in [0.5, 0.6) is 0 Å². The molecule has 0 N–H and O–H groups in total. The van der Waals surface area contributed by atoms with Gasteiger partial charge in [0.1, 0.15) is 12.2 Å². The number of ether oxygens (including phenoxy) is 3. The van der Waals surface area contributed by atoms with Crippen molar-refractivity contribution >= 4 is 12.1 Å². The van der Waals surface area contributed by atoms with Crippen LogP contribution >= 0.6 is 0 Å². The highest BCUT2D eigenvalue weighted by Crippen LogP contribution is 2.33. The monoisotopic (exact) mass is 388 g/mol. The van der Waals surface area contributed by atoms with Crippen molar-refractivity contribution in [2.45, 2.75) is 52.0 Å². The van der Waals surface area contributed by atoms with Gasteiger partial charge >= 0.3 is 12.1 Å². The average Bonchev–Trinajstić information content (AvgIpc) is 3.02. The van der Waals surface area contributed by atoms with Crippen LogP contribution in [0.1, 0.15) is 53.9 Å². The summed E-state index contributed by atoms with van der Waals surface area (Å²) in [6.45, 7) is 11.4. The Morgan fingerprint density at radius 2 is 2.00 bits per heavy atom. The molecule has 0 saturated carbocycles. The number of fused-ring (bicyclic) bond motifs is 2. The molecule has 3 aliphatic heterocycles. The highest BCUT2D eigenvalue weighted by atomic mass is 16.6. The minimum Gasteiger partial charge on any atom is -0.457 e. The van der Waals surface area contributed by atoms with Crippen molar-refractivity contribution < 1.29 is 23.8 Å². The molecule has 4 rings (SSSR count). The smallest absolute Gasteiger partial charge is 0.410 e. The van der Waals surface area contributed by atoms with Crippen molar-refractivity contribution in [2.75, 3.05) is 32.8 Å². The molecule has 1 aromatic rings. The molecule has 1 aromatic carbocycles. The Morgan fingerprint density at radius 3 is 2.75 bits per heavy atom. The van der Waals surface area contributed by atoms with Gasteiger partial charge in [0.25, 0.3) is 0 Å². The number of benzene rings is 1. The first-order valence-corrected chi connectivity index (χ1v) is 9.86. The van der Waals surface area contributed by atoms with Crippen molar-refractivity contribution in [3.8, 4) is 0 Å². The fourth-order valence-corrected chi connectivity index (χ4v) is 4.18. The number of amides is 1. The van der Waals surface area contributed by atoms with E-state index in [9.17, 15) is 9.59 Å². The lowest BCUT2D eigenvalue weighted by Crippen LogP contribution is -2.60. The summed E-state index contributed by atoms with van der Waals surface area (Å²) in [7, 11) is 0. The largest absolute Gasteiger partial charge is 0.457 e. The Balaban J connectivity index is 1.42. The molecule has 7 heteroatoms. The normalized spacial score (nSPS) is 25.1. The van der Waals surface area contributed by atoms with Crippen LogP contribution in [0.15, 0.2) is 12.1 Å². The molecule has 0 spiro atoms. The molecule has 0 aliphatic carbocycles. The zero-order valence-electron chi connectivity index (χ0n) is 17.0. The number of rotatable bonds is 1. The van der Waals surface area contributed by atoms with Crippen LogP contribution in [0.2, 0.25) is 0 Å². The Kier molecular flexibility index (Phi) is 4.83. The first-order valence-electron chi connectivity index (χ1n) is 9.86. The van der Waals surface area contributed by atoms with Gasteiger partial charge in [0.2, 0.25) is 0 Å². The second-order valence-electron chi connectivity index (χ2n) is 8.78. The maximum atomic E-state index is 12.4. The summed E-state index contributed by atoms with van der Waals surface area (Å²) < 4.78 is 16.8. The van der Waals surface area contributed by atoms with Gasteiger partial charge in [0, 0.05) is 31.7 Å². The second-order valence-corrected chi connectivity index (χ2v) is 8.78. The number of carbonyl (C=O) groups excluding carboxylic acids is 2. The lowest BCUT2D eigenvalue weighted by atomic mass is 9.94. The van der Waals surface area contributed by atoms with Crippen LogP contribution in [-0.4, -0.2) is 66.3 Å². The van der Waals surface area contributed by atoms with E-state index >= 15 is 0 Å². The van der Waals surface area contributed by atoms with E-state index in [2.05, 4.69) is 4.90 Å². The average molecular weight is 388 g/mol. The van der Waals surface area contributed by atoms with Crippen LogP contribution in [0.25, 0.3) is 0 Å². The van der Waals surface area contributed by atoms with Gasteiger partial charge in [-0.3, -0.25) is 4.90 Å². The number of esters is 1. The van der Waals surface area contributed by atoms with Crippen LogP contribution in [-0.2, 0) is 20.8 Å². The molecule has 7 nitrogen and oxygen atoms in total. The Bertz CT molecular complexity index is 801. The third-order valence-corrected chi connectivity index (χ3v) is 5.70. The lowest BCUT2D eigenvalue weighted by molar-refractivity contribution is -0.0908. The van der Waals surface area contributed by atoms with Crippen molar-refractivity contribution in [1.82, 2.24) is 9.80 Å². The third-order valence-electron chi connectivity index (χ3n) is 5.70. The maximum Gasteiger partial charge on any atom is 0.410 e. The lowest BCUT2D eigenvalue weighted by Gasteiger charge is -2.46. The molecule has 3 heterocycles. The molecule has 3 aliphatic rings. The number of morpholine rings is 1. The minimum atomic E-state index is -0.488. The van der Waals surface area contributed by atoms with Crippen LogP contribution in [0, 0.1) is 6.92 Å². The Labute approximate surface area is 165 Å². The zero-order chi connectivity index (χ0) is 20.1. The van der Waals surface area contributed by atoms with Gasteiger partial charge in [-0.2, -0.15) is 0 Å². The summed E-state index contributed by atoms with van der Waals surface area (Å²) in [6, 6.07) is 4.02. The fourth-order valence-electron chi connectivity index (χ4n) is 4.18. The van der Waals surface area contributed by atoms with E-state index in [4.69, 9.17) is 14.2 Å². The molecular formula is C21H28N2O5. The van der Waals surface area contributed by atoms with Crippen LogP contribution in [0.3, 0.4) is 0 Å². The molecule has 2 saturated heterocycles. The van der Waals surface area contributed by atoms with Crippen molar-refractivity contribution in [1.29, 1.82) is 0 Å². The predicted molar refractivity (Wildman–Crippen MR) is 102 cm³/mol.